The van der Waals surface area contributed by atoms with Gasteiger partial charge < -0.3 is 19.5 Å². The lowest BCUT2D eigenvalue weighted by molar-refractivity contribution is -0.112. The Labute approximate surface area is 217 Å². The Morgan fingerprint density at radius 2 is 1.78 bits per heavy atom. The van der Waals surface area contributed by atoms with Crippen molar-refractivity contribution >= 4 is 44.4 Å². The number of hydrogen-bond donors (Lipinski definition) is 1. The van der Waals surface area contributed by atoms with E-state index in [1.807, 2.05) is 30.3 Å². The lowest BCUT2D eigenvalue weighted by Gasteiger charge is -2.15. The van der Waals surface area contributed by atoms with Gasteiger partial charge in [0.1, 0.15) is 24.0 Å². The number of carbonyl (C=O) groups excluding carboxylic acids is 1. The first-order valence-corrected chi connectivity index (χ1v) is 11.9. The molecule has 36 heavy (non-hydrogen) atoms. The zero-order valence-electron chi connectivity index (χ0n) is 19.7. The van der Waals surface area contributed by atoms with Gasteiger partial charge in [-0.1, -0.05) is 48.5 Å². The first-order chi connectivity index (χ1) is 17.5. The normalized spacial score (nSPS) is 11.0. The number of nitrogens with one attached hydrogen (secondary N) is 1. The summed E-state index contributed by atoms with van der Waals surface area (Å²) in [5.41, 5.74) is 2.12. The van der Waals surface area contributed by atoms with Crippen LogP contribution in [-0.2, 0) is 11.4 Å². The van der Waals surface area contributed by atoms with Crippen molar-refractivity contribution in [1.29, 1.82) is 5.26 Å². The molecule has 0 radical (unpaired) electrons. The molecule has 0 aliphatic heterocycles. The third kappa shape index (κ3) is 5.68. The molecule has 0 saturated heterocycles. The quantitative estimate of drug-likeness (QED) is 0.197. The first-order valence-electron chi connectivity index (χ1n) is 11.1. The minimum atomic E-state index is -0.530. The number of methoxy groups -OCH3 is 2. The van der Waals surface area contributed by atoms with Crippen LogP contribution in [0.15, 0.2) is 88.9 Å². The SMILES string of the molecule is COc1cccc(NC(=O)/C(C#N)=C/c2cc(Br)c(OCc3cccc4ccccc34)c(OC)c2)c1. The van der Waals surface area contributed by atoms with Crippen molar-refractivity contribution in [3.63, 3.8) is 0 Å². The van der Waals surface area contributed by atoms with Crippen LogP contribution in [0.3, 0.4) is 0 Å². The summed E-state index contributed by atoms with van der Waals surface area (Å²) in [7, 11) is 3.09. The molecular formula is C29H23BrN2O4. The molecule has 0 aromatic heterocycles. The van der Waals surface area contributed by atoms with E-state index < -0.39 is 5.91 Å². The van der Waals surface area contributed by atoms with Gasteiger partial charge in [-0.15, -0.1) is 0 Å². The summed E-state index contributed by atoms with van der Waals surface area (Å²) in [6.45, 7) is 0.345. The fourth-order valence-corrected chi connectivity index (χ4v) is 4.32. The average molecular weight is 543 g/mol. The molecule has 0 saturated carbocycles. The maximum Gasteiger partial charge on any atom is 0.266 e. The molecule has 4 rings (SSSR count). The van der Waals surface area contributed by atoms with Crippen molar-refractivity contribution in [3.8, 4) is 23.3 Å². The predicted octanol–water partition coefficient (Wildman–Crippen LogP) is 6.74. The highest BCUT2D eigenvalue weighted by Gasteiger charge is 2.15. The highest BCUT2D eigenvalue weighted by molar-refractivity contribution is 9.10. The third-order valence-corrected chi connectivity index (χ3v) is 6.10. The maximum absolute atomic E-state index is 12.7. The van der Waals surface area contributed by atoms with Crippen LogP contribution in [0.4, 0.5) is 5.69 Å². The van der Waals surface area contributed by atoms with Gasteiger partial charge in [-0.3, -0.25) is 4.79 Å². The molecule has 6 nitrogen and oxygen atoms in total. The molecule has 0 fully saturated rings. The molecule has 0 heterocycles. The third-order valence-electron chi connectivity index (χ3n) is 5.51. The Balaban J connectivity index is 1.56. The standard InChI is InChI=1S/C29H23BrN2O4/c1-34-24-11-6-10-23(16-24)32-29(33)22(17-31)13-19-14-26(30)28(27(15-19)35-2)36-18-21-9-5-8-20-7-3-4-12-25(20)21/h3-16H,18H2,1-2H3,(H,32,33)/b22-13+. The smallest absolute Gasteiger partial charge is 0.266 e. The van der Waals surface area contributed by atoms with Gasteiger partial charge in [0.2, 0.25) is 0 Å². The number of carbonyl (C=O) groups is 1. The topological polar surface area (TPSA) is 80.6 Å². The predicted molar refractivity (Wildman–Crippen MR) is 144 cm³/mol. The van der Waals surface area contributed by atoms with E-state index in [0.717, 1.165) is 16.3 Å². The highest BCUT2D eigenvalue weighted by Crippen LogP contribution is 2.38. The van der Waals surface area contributed by atoms with E-state index in [0.29, 0.717) is 39.6 Å². The van der Waals surface area contributed by atoms with Gasteiger partial charge in [0.15, 0.2) is 11.5 Å². The molecule has 1 amide bonds. The number of fused-ring (bicyclic) bond motifs is 1. The lowest BCUT2D eigenvalue weighted by atomic mass is 10.1. The number of rotatable bonds is 8. The minimum absolute atomic E-state index is 0.0591. The van der Waals surface area contributed by atoms with Crippen LogP contribution in [-0.4, -0.2) is 20.1 Å². The zero-order valence-corrected chi connectivity index (χ0v) is 21.3. The van der Waals surface area contributed by atoms with E-state index in [-0.39, 0.29) is 5.57 Å². The summed E-state index contributed by atoms with van der Waals surface area (Å²) in [6, 6.07) is 26.6. The minimum Gasteiger partial charge on any atom is -0.497 e. The number of hydrogen-bond acceptors (Lipinski definition) is 5. The van der Waals surface area contributed by atoms with Gasteiger partial charge >= 0.3 is 0 Å². The van der Waals surface area contributed by atoms with Crippen molar-refractivity contribution in [1.82, 2.24) is 0 Å². The molecule has 0 atom stereocenters. The van der Waals surface area contributed by atoms with Crippen molar-refractivity contribution in [2.45, 2.75) is 6.61 Å². The second-order valence-electron chi connectivity index (χ2n) is 7.82. The van der Waals surface area contributed by atoms with E-state index >= 15 is 0 Å². The van der Waals surface area contributed by atoms with E-state index in [2.05, 4.69) is 39.4 Å². The Kier molecular flexibility index (Phi) is 7.89. The van der Waals surface area contributed by atoms with Gasteiger partial charge in [-0.2, -0.15) is 5.26 Å². The van der Waals surface area contributed by atoms with Gasteiger partial charge in [0.25, 0.3) is 5.91 Å². The molecule has 0 unspecified atom stereocenters. The van der Waals surface area contributed by atoms with Crippen LogP contribution in [0, 0.1) is 11.3 Å². The van der Waals surface area contributed by atoms with Crippen molar-refractivity contribution in [2.75, 3.05) is 19.5 Å². The Morgan fingerprint density at radius 3 is 2.56 bits per heavy atom. The summed E-state index contributed by atoms with van der Waals surface area (Å²) >= 11 is 3.55. The maximum atomic E-state index is 12.7. The number of halogens is 1. The molecule has 7 heteroatoms. The number of ether oxygens (including phenoxy) is 3. The largest absolute Gasteiger partial charge is 0.497 e. The summed E-state index contributed by atoms with van der Waals surface area (Å²) in [5.74, 6) is 1.07. The van der Waals surface area contributed by atoms with Crippen LogP contribution in [0.5, 0.6) is 17.2 Å². The van der Waals surface area contributed by atoms with Crippen molar-refractivity contribution in [3.05, 3.63) is 100 Å². The lowest BCUT2D eigenvalue weighted by Crippen LogP contribution is -2.13. The van der Waals surface area contributed by atoms with Gasteiger partial charge in [0, 0.05) is 11.8 Å². The van der Waals surface area contributed by atoms with Crippen LogP contribution in [0.1, 0.15) is 11.1 Å². The number of benzene rings is 4. The Hall–Kier alpha value is -4.28. The molecule has 180 valence electrons. The summed E-state index contributed by atoms with van der Waals surface area (Å²) in [6.07, 6.45) is 1.50. The molecule has 0 spiro atoms. The molecule has 4 aromatic carbocycles. The van der Waals surface area contributed by atoms with Crippen LogP contribution in [0.2, 0.25) is 0 Å². The number of anilines is 1. The summed E-state index contributed by atoms with van der Waals surface area (Å²) in [5, 5.41) is 14.6. The van der Waals surface area contributed by atoms with Gasteiger partial charge in [-0.25, -0.2) is 0 Å². The molecule has 0 bridgehead atoms. The Bertz CT molecular complexity index is 1490. The number of nitriles is 1. The number of amides is 1. The number of nitrogens with zero attached hydrogens (tertiary/aromatic N) is 1. The van der Waals surface area contributed by atoms with Crippen LogP contribution in [0.25, 0.3) is 16.8 Å². The van der Waals surface area contributed by atoms with Crippen molar-refractivity contribution in [2.24, 2.45) is 0 Å². The van der Waals surface area contributed by atoms with Crippen LogP contribution < -0.4 is 19.5 Å². The van der Waals surface area contributed by atoms with E-state index in [4.69, 9.17) is 14.2 Å². The van der Waals surface area contributed by atoms with Crippen LogP contribution >= 0.6 is 15.9 Å². The molecule has 0 aliphatic carbocycles. The fraction of sp³-hybridized carbons (Fsp3) is 0.103. The average Bonchev–Trinajstić information content (AvgIpc) is 2.90. The van der Waals surface area contributed by atoms with Crippen molar-refractivity contribution < 1.29 is 19.0 Å². The van der Waals surface area contributed by atoms with E-state index in [1.165, 1.54) is 6.08 Å². The fourth-order valence-electron chi connectivity index (χ4n) is 3.75. The highest BCUT2D eigenvalue weighted by atomic mass is 79.9. The second kappa shape index (κ2) is 11.4. The second-order valence-corrected chi connectivity index (χ2v) is 8.67. The zero-order chi connectivity index (χ0) is 25.5. The molecular weight excluding hydrogens is 520 g/mol. The van der Waals surface area contributed by atoms with E-state index in [1.54, 1.807) is 50.6 Å². The first kappa shape index (κ1) is 24.8. The summed E-state index contributed by atoms with van der Waals surface area (Å²) in [4.78, 5) is 12.7. The Morgan fingerprint density at radius 1 is 1.00 bits per heavy atom. The molecule has 1 N–H and O–H groups in total. The van der Waals surface area contributed by atoms with Gasteiger partial charge in [0.05, 0.1) is 18.7 Å². The molecule has 4 aromatic rings. The van der Waals surface area contributed by atoms with Gasteiger partial charge in [-0.05, 0) is 68.2 Å². The van der Waals surface area contributed by atoms with E-state index in [9.17, 15) is 10.1 Å². The monoisotopic (exact) mass is 542 g/mol. The summed E-state index contributed by atoms with van der Waals surface area (Å²) < 4.78 is 17.5. The molecule has 0 aliphatic rings.